The summed E-state index contributed by atoms with van der Waals surface area (Å²) in [7, 11) is 5.02. The van der Waals surface area contributed by atoms with Gasteiger partial charge in [0.25, 0.3) is 0 Å². The molecule has 0 saturated carbocycles. The lowest BCUT2D eigenvalue weighted by molar-refractivity contribution is -0.133. The minimum Gasteiger partial charge on any atom is -0.504 e. The molecule has 0 aliphatic carbocycles. The number of methoxy groups -OCH3 is 1. The Morgan fingerprint density at radius 2 is 2.00 bits per heavy atom. The molecule has 5 nitrogen and oxygen atoms in total. The van der Waals surface area contributed by atoms with Crippen LogP contribution in [-0.4, -0.2) is 59.9 Å². The van der Waals surface area contributed by atoms with Crippen LogP contribution in [0.15, 0.2) is 47.4 Å². The van der Waals surface area contributed by atoms with Crippen LogP contribution in [-0.2, 0) is 11.3 Å². The molecule has 3 rings (SSSR count). The topological polar surface area (TPSA) is 53.0 Å². The number of likely N-dealkylation sites (tertiary alicyclic amines) is 1. The van der Waals surface area contributed by atoms with Crippen LogP contribution in [0.2, 0.25) is 0 Å². The molecule has 1 N–H and O–H groups in total. The summed E-state index contributed by atoms with van der Waals surface area (Å²) in [6.45, 7) is 1.15. The fourth-order valence-corrected chi connectivity index (χ4v) is 4.68. The summed E-state index contributed by atoms with van der Waals surface area (Å²) in [5.41, 5.74) is 0.725. The van der Waals surface area contributed by atoms with Crippen LogP contribution >= 0.6 is 11.8 Å². The van der Waals surface area contributed by atoms with Crippen LogP contribution in [0.5, 0.6) is 11.5 Å². The highest BCUT2D eigenvalue weighted by Gasteiger charge is 2.38. The van der Waals surface area contributed by atoms with Gasteiger partial charge in [-0.3, -0.25) is 9.69 Å². The van der Waals surface area contributed by atoms with Gasteiger partial charge in [-0.15, -0.1) is 11.8 Å². The molecule has 2 aromatic rings. The Balaban J connectivity index is 1.78. The summed E-state index contributed by atoms with van der Waals surface area (Å²) in [6.07, 6.45) is 0.698. The lowest BCUT2D eigenvalue weighted by Gasteiger charge is -2.26. The number of nitrogens with zero attached hydrogens (tertiary/aromatic N) is 2. The number of phenolic OH excluding ortho intramolecular Hbond substituents is 1. The van der Waals surface area contributed by atoms with Crippen LogP contribution in [0.1, 0.15) is 12.0 Å². The summed E-state index contributed by atoms with van der Waals surface area (Å²) >= 11 is 1.65. The molecule has 2 atom stereocenters. The van der Waals surface area contributed by atoms with Crippen LogP contribution in [0, 0.1) is 5.82 Å². The minimum absolute atomic E-state index is 0.0459. The highest BCUT2D eigenvalue weighted by atomic mass is 32.2. The predicted octanol–water partition coefficient (Wildman–Crippen LogP) is 3.36. The Kier molecular flexibility index (Phi) is 6.46. The lowest BCUT2D eigenvalue weighted by Crippen LogP contribution is -2.42. The molecule has 0 spiro atoms. The second kappa shape index (κ2) is 8.84. The zero-order chi connectivity index (χ0) is 20.3. The third kappa shape index (κ3) is 4.59. The fourth-order valence-electron chi connectivity index (χ4n) is 3.46. The molecule has 150 valence electrons. The monoisotopic (exact) mass is 404 g/mol. The van der Waals surface area contributed by atoms with Crippen LogP contribution in [0.25, 0.3) is 0 Å². The van der Waals surface area contributed by atoms with Crippen molar-refractivity contribution < 1.29 is 19.0 Å². The molecular formula is C21H25FN2O3S. The predicted molar refractivity (Wildman–Crippen MR) is 108 cm³/mol. The number of amides is 1. The van der Waals surface area contributed by atoms with E-state index in [1.54, 1.807) is 49.0 Å². The number of halogens is 1. The quantitative estimate of drug-likeness (QED) is 0.800. The molecule has 1 aliphatic rings. The SMILES string of the molecule is COc1cccc(CN2C[C@H](Sc3ccc(F)cc3)C[C@H]2C(=O)N(C)C)c1O. The summed E-state index contributed by atoms with van der Waals surface area (Å²) in [5.74, 6) is 0.316. The largest absolute Gasteiger partial charge is 0.504 e. The first kappa shape index (κ1) is 20.5. The van der Waals surface area contributed by atoms with Crippen molar-refractivity contribution in [3.63, 3.8) is 0 Å². The van der Waals surface area contributed by atoms with E-state index in [1.807, 2.05) is 12.1 Å². The summed E-state index contributed by atoms with van der Waals surface area (Å²) in [4.78, 5) is 17.4. The number of likely N-dealkylation sites (N-methyl/N-ethyl adjacent to an activating group) is 1. The molecular weight excluding hydrogens is 379 g/mol. The lowest BCUT2D eigenvalue weighted by atomic mass is 10.1. The number of carbonyl (C=O) groups excluding carboxylic acids is 1. The van der Waals surface area contributed by atoms with Gasteiger partial charge < -0.3 is 14.7 Å². The van der Waals surface area contributed by atoms with E-state index >= 15 is 0 Å². The van der Waals surface area contributed by atoms with Crippen molar-refractivity contribution in [3.8, 4) is 11.5 Å². The van der Waals surface area contributed by atoms with Crippen molar-refractivity contribution in [3.05, 3.63) is 53.8 Å². The summed E-state index contributed by atoms with van der Waals surface area (Å²) < 4.78 is 18.4. The van der Waals surface area contributed by atoms with E-state index in [0.29, 0.717) is 25.3 Å². The maximum Gasteiger partial charge on any atom is 0.239 e. The Hall–Kier alpha value is -2.25. The van der Waals surface area contributed by atoms with Gasteiger partial charge in [-0.2, -0.15) is 0 Å². The molecule has 2 aromatic carbocycles. The number of benzene rings is 2. The average Bonchev–Trinajstić information content (AvgIpc) is 3.06. The van der Waals surface area contributed by atoms with Gasteiger partial charge in [-0.1, -0.05) is 12.1 Å². The Bertz CT molecular complexity index is 829. The summed E-state index contributed by atoms with van der Waals surface area (Å²) in [6, 6.07) is 11.5. The molecule has 28 heavy (non-hydrogen) atoms. The molecule has 1 aliphatic heterocycles. The van der Waals surface area contributed by atoms with E-state index in [2.05, 4.69) is 4.90 Å². The first-order chi connectivity index (χ1) is 13.4. The van der Waals surface area contributed by atoms with Gasteiger partial charge in [0, 0.05) is 42.9 Å². The standard InChI is InChI=1S/C21H25FN2O3S/c1-23(2)21(26)18-11-17(28-16-9-7-15(22)8-10-16)13-24(18)12-14-5-4-6-19(27-3)20(14)25/h4-10,17-18,25H,11-13H2,1-3H3/t17-,18+/m1/s1. The van der Waals surface area contributed by atoms with Gasteiger partial charge in [0.1, 0.15) is 5.82 Å². The third-order valence-corrected chi connectivity index (χ3v) is 6.10. The van der Waals surface area contributed by atoms with Crippen molar-refractivity contribution in [2.75, 3.05) is 27.7 Å². The highest BCUT2D eigenvalue weighted by Crippen LogP contribution is 2.36. The third-order valence-electron chi connectivity index (χ3n) is 4.88. The first-order valence-electron chi connectivity index (χ1n) is 9.11. The molecule has 1 saturated heterocycles. The van der Waals surface area contributed by atoms with E-state index < -0.39 is 0 Å². The van der Waals surface area contributed by atoms with Gasteiger partial charge in [-0.05, 0) is 36.8 Å². The second-order valence-electron chi connectivity index (χ2n) is 7.08. The number of rotatable bonds is 6. The van der Waals surface area contributed by atoms with Gasteiger partial charge >= 0.3 is 0 Å². The normalized spacial score (nSPS) is 19.6. The number of carbonyl (C=O) groups is 1. The number of phenols is 1. The van der Waals surface area contributed by atoms with Crippen molar-refractivity contribution in [1.82, 2.24) is 9.80 Å². The van der Waals surface area contributed by atoms with E-state index in [4.69, 9.17) is 4.74 Å². The van der Waals surface area contributed by atoms with Crippen molar-refractivity contribution in [1.29, 1.82) is 0 Å². The number of para-hydroxylation sites is 1. The van der Waals surface area contributed by atoms with Crippen molar-refractivity contribution in [2.24, 2.45) is 0 Å². The van der Waals surface area contributed by atoms with Crippen LogP contribution < -0.4 is 4.74 Å². The fraction of sp³-hybridized carbons (Fsp3) is 0.381. The van der Waals surface area contributed by atoms with Gasteiger partial charge in [0.2, 0.25) is 5.91 Å². The van der Waals surface area contributed by atoms with Crippen molar-refractivity contribution in [2.45, 2.75) is 29.2 Å². The number of thioether (sulfide) groups is 1. The molecule has 0 aromatic heterocycles. The maximum absolute atomic E-state index is 13.2. The highest BCUT2D eigenvalue weighted by molar-refractivity contribution is 8.00. The van der Waals surface area contributed by atoms with Gasteiger partial charge in [0.05, 0.1) is 13.2 Å². The smallest absolute Gasteiger partial charge is 0.239 e. The van der Waals surface area contributed by atoms with E-state index in [9.17, 15) is 14.3 Å². The second-order valence-corrected chi connectivity index (χ2v) is 8.45. The van der Waals surface area contributed by atoms with E-state index in [0.717, 1.165) is 10.5 Å². The Morgan fingerprint density at radius 1 is 1.29 bits per heavy atom. The maximum atomic E-state index is 13.2. The van der Waals surface area contributed by atoms with Crippen molar-refractivity contribution >= 4 is 17.7 Å². The van der Waals surface area contributed by atoms with Crippen LogP contribution in [0.4, 0.5) is 4.39 Å². The molecule has 0 bridgehead atoms. The summed E-state index contributed by atoms with van der Waals surface area (Å²) in [5, 5.41) is 10.6. The number of hydrogen-bond acceptors (Lipinski definition) is 5. The van der Waals surface area contributed by atoms with E-state index in [1.165, 1.54) is 19.2 Å². The number of aromatic hydroxyl groups is 1. The number of ether oxygens (including phenoxy) is 1. The van der Waals surface area contributed by atoms with Crippen LogP contribution in [0.3, 0.4) is 0 Å². The molecule has 1 fully saturated rings. The van der Waals surface area contributed by atoms with Gasteiger partial charge in [-0.25, -0.2) is 4.39 Å². The zero-order valence-corrected chi connectivity index (χ0v) is 17.1. The zero-order valence-electron chi connectivity index (χ0n) is 16.3. The molecule has 0 radical (unpaired) electrons. The minimum atomic E-state index is -0.265. The van der Waals surface area contributed by atoms with E-state index in [-0.39, 0.29) is 28.8 Å². The molecule has 1 amide bonds. The Labute approximate surface area is 169 Å². The van der Waals surface area contributed by atoms with Gasteiger partial charge in [0.15, 0.2) is 11.5 Å². The first-order valence-corrected chi connectivity index (χ1v) is 9.99. The molecule has 7 heteroatoms. The Morgan fingerprint density at radius 3 is 2.64 bits per heavy atom. The molecule has 0 unspecified atom stereocenters. The molecule has 1 heterocycles. The number of hydrogen-bond donors (Lipinski definition) is 1. The average molecular weight is 405 g/mol.